The fourth-order valence-electron chi connectivity index (χ4n) is 2.72. The number of hydrogen-bond acceptors (Lipinski definition) is 4. The van der Waals surface area contributed by atoms with E-state index in [1.807, 2.05) is 36.4 Å². The molecule has 0 aliphatic carbocycles. The molecular weight excluding hydrogens is 400 g/mol. The number of carbonyl (C=O) groups excluding carboxylic acids is 3. The van der Waals surface area contributed by atoms with Crippen molar-refractivity contribution in [1.29, 1.82) is 0 Å². The van der Waals surface area contributed by atoms with Gasteiger partial charge in [0.1, 0.15) is 12.8 Å². The predicted molar refractivity (Wildman–Crippen MR) is 101 cm³/mol. The molecule has 1 aliphatic rings. The van der Waals surface area contributed by atoms with E-state index in [-0.39, 0.29) is 36.1 Å². The molecule has 7 heteroatoms. The summed E-state index contributed by atoms with van der Waals surface area (Å²) in [5.74, 6) is -0.562. The zero-order valence-electron chi connectivity index (χ0n) is 14.5. The van der Waals surface area contributed by atoms with Crippen LogP contribution in [0.5, 0.6) is 0 Å². The molecule has 1 aromatic carbocycles. The number of alkyl halides is 1. The molecule has 1 heterocycles. The summed E-state index contributed by atoms with van der Waals surface area (Å²) in [6, 6.07) is 9.29. The first-order chi connectivity index (χ1) is 12.5. The number of imide groups is 1. The summed E-state index contributed by atoms with van der Waals surface area (Å²) in [7, 11) is 0. The number of amides is 3. The van der Waals surface area contributed by atoms with Crippen LogP contribution >= 0.6 is 15.9 Å². The van der Waals surface area contributed by atoms with Gasteiger partial charge in [0.2, 0.25) is 11.8 Å². The maximum atomic E-state index is 12.2. The van der Waals surface area contributed by atoms with Crippen molar-refractivity contribution in [1.82, 2.24) is 10.2 Å². The number of ether oxygens (including phenoxy) is 1. The van der Waals surface area contributed by atoms with Gasteiger partial charge in [-0.15, -0.1) is 6.58 Å². The minimum absolute atomic E-state index is 0.116. The third kappa shape index (κ3) is 5.69. The first-order valence-corrected chi connectivity index (χ1v) is 9.51. The van der Waals surface area contributed by atoms with Crippen molar-refractivity contribution in [2.24, 2.45) is 0 Å². The third-order valence-electron chi connectivity index (χ3n) is 4.08. The lowest BCUT2D eigenvalue weighted by Crippen LogP contribution is -2.55. The summed E-state index contributed by atoms with van der Waals surface area (Å²) < 4.78 is 5.23. The molecule has 2 atom stereocenters. The number of likely N-dealkylation sites (tertiary alicyclic amines) is 1. The van der Waals surface area contributed by atoms with E-state index >= 15 is 0 Å². The van der Waals surface area contributed by atoms with E-state index in [0.717, 1.165) is 23.3 Å². The highest BCUT2D eigenvalue weighted by atomic mass is 79.9. The Kier molecular flexibility index (Phi) is 7.84. The average molecular weight is 423 g/mol. The molecule has 2 rings (SSSR count). The van der Waals surface area contributed by atoms with Gasteiger partial charge in [0.15, 0.2) is 0 Å². The first-order valence-electron chi connectivity index (χ1n) is 8.60. The SMILES string of the molecule is C=CCCC[C@H](Br)[C@H](NC(=O)OCc1ccccc1)N1C(=O)CCC1=O. The number of halogens is 1. The second kappa shape index (κ2) is 10.1. The van der Waals surface area contributed by atoms with Crippen molar-refractivity contribution in [2.45, 2.75) is 49.7 Å². The minimum atomic E-state index is -0.773. The molecule has 1 aromatic rings. The molecule has 1 fully saturated rings. The minimum Gasteiger partial charge on any atom is -0.445 e. The monoisotopic (exact) mass is 422 g/mol. The summed E-state index contributed by atoms with van der Waals surface area (Å²) in [5, 5.41) is 2.67. The van der Waals surface area contributed by atoms with Crippen molar-refractivity contribution in [2.75, 3.05) is 0 Å². The number of allylic oxidation sites excluding steroid dienone is 1. The Labute approximate surface area is 161 Å². The molecule has 0 bridgehead atoms. The van der Waals surface area contributed by atoms with E-state index in [2.05, 4.69) is 27.8 Å². The standard InChI is InChI=1S/C19H23BrN2O4/c1-2-3-5-10-15(20)18(22-16(23)11-12-17(22)24)21-19(25)26-13-14-8-6-4-7-9-14/h2,4,6-9,15,18H,1,3,5,10-13H2,(H,21,25)/t15-,18+/m0/s1. The molecule has 0 unspecified atom stereocenters. The lowest BCUT2D eigenvalue weighted by molar-refractivity contribution is -0.141. The van der Waals surface area contributed by atoms with E-state index in [1.165, 1.54) is 0 Å². The lowest BCUT2D eigenvalue weighted by atomic mass is 10.1. The zero-order chi connectivity index (χ0) is 18.9. The van der Waals surface area contributed by atoms with Crippen molar-refractivity contribution in [3.8, 4) is 0 Å². The zero-order valence-corrected chi connectivity index (χ0v) is 16.1. The number of nitrogens with one attached hydrogen (secondary N) is 1. The maximum absolute atomic E-state index is 12.2. The van der Waals surface area contributed by atoms with Crippen LogP contribution in [-0.4, -0.2) is 33.8 Å². The molecule has 26 heavy (non-hydrogen) atoms. The average Bonchev–Trinajstić information content (AvgIpc) is 2.97. The van der Waals surface area contributed by atoms with Crippen LogP contribution in [0.4, 0.5) is 4.79 Å². The molecule has 0 spiro atoms. The summed E-state index contributed by atoms with van der Waals surface area (Å²) in [6.45, 7) is 3.80. The van der Waals surface area contributed by atoms with Gasteiger partial charge >= 0.3 is 6.09 Å². The van der Waals surface area contributed by atoms with Crippen LogP contribution in [0.2, 0.25) is 0 Å². The summed E-state index contributed by atoms with van der Waals surface area (Å²) in [5.41, 5.74) is 0.855. The molecule has 3 amide bonds. The molecule has 1 N–H and O–H groups in total. The molecule has 6 nitrogen and oxygen atoms in total. The van der Waals surface area contributed by atoms with E-state index in [1.54, 1.807) is 0 Å². The van der Waals surface area contributed by atoms with Crippen LogP contribution in [0.25, 0.3) is 0 Å². The largest absolute Gasteiger partial charge is 0.445 e. The van der Waals surface area contributed by atoms with Crippen LogP contribution < -0.4 is 5.32 Å². The van der Waals surface area contributed by atoms with Crippen molar-refractivity contribution in [3.63, 3.8) is 0 Å². The van der Waals surface area contributed by atoms with Crippen LogP contribution in [0, 0.1) is 0 Å². The Hall–Kier alpha value is -2.15. The van der Waals surface area contributed by atoms with Crippen LogP contribution in [-0.2, 0) is 20.9 Å². The van der Waals surface area contributed by atoms with E-state index in [4.69, 9.17) is 4.74 Å². The number of benzene rings is 1. The lowest BCUT2D eigenvalue weighted by Gasteiger charge is -2.30. The predicted octanol–water partition coefficient (Wildman–Crippen LogP) is 3.51. The quantitative estimate of drug-likeness (QED) is 0.286. The summed E-state index contributed by atoms with van der Waals surface area (Å²) in [4.78, 5) is 37.3. The Morgan fingerprint density at radius 3 is 2.54 bits per heavy atom. The van der Waals surface area contributed by atoms with E-state index in [9.17, 15) is 14.4 Å². The van der Waals surface area contributed by atoms with Crippen molar-refractivity contribution >= 4 is 33.8 Å². The second-order valence-electron chi connectivity index (χ2n) is 6.04. The normalized spacial score (nSPS) is 16.3. The number of nitrogens with zero attached hydrogens (tertiary/aromatic N) is 1. The van der Waals surface area contributed by atoms with Gasteiger partial charge in [0, 0.05) is 12.8 Å². The van der Waals surface area contributed by atoms with Crippen LogP contribution in [0.15, 0.2) is 43.0 Å². The smallest absolute Gasteiger partial charge is 0.409 e. The van der Waals surface area contributed by atoms with Gasteiger partial charge in [-0.25, -0.2) is 4.79 Å². The van der Waals surface area contributed by atoms with Gasteiger partial charge in [-0.2, -0.15) is 0 Å². The van der Waals surface area contributed by atoms with E-state index < -0.39 is 12.3 Å². The maximum Gasteiger partial charge on any atom is 0.409 e. The van der Waals surface area contributed by atoms with Crippen LogP contribution in [0.1, 0.15) is 37.7 Å². The van der Waals surface area contributed by atoms with Gasteiger partial charge in [-0.3, -0.25) is 19.8 Å². The molecule has 140 valence electrons. The van der Waals surface area contributed by atoms with Gasteiger partial charge in [-0.05, 0) is 24.8 Å². The fourth-order valence-corrected chi connectivity index (χ4v) is 3.41. The Morgan fingerprint density at radius 1 is 1.27 bits per heavy atom. The highest BCUT2D eigenvalue weighted by molar-refractivity contribution is 9.09. The summed E-state index contributed by atoms with van der Waals surface area (Å²) >= 11 is 3.51. The Bertz CT molecular complexity index is 634. The molecule has 0 aromatic heterocycles. The second-order valence-corrected chi connectivity index (χ2v) is 7.22. The topological polar surface area (TPSA) is 75.7 Å². The molecular formula is C19H23BrN2O4. The van der Waals surface area contributed by atoms with Gasteiger partial charge < -0.3 is 4.74 Å². The highest BCUT2D eigenvalue weighted by Gasteiger charge is 2.39. The number of unbranched alkanes of at least 4 members (excludes halogenated alkanes) is 1. The first kappa shape index (κ1) is 20.2. The number of carbonyl (C=O) groups is 3. The van der Waals surface area contributed by atoms with E-state index in [0.29, 0.717) is 6.42 Å². The number of alkyl carbamates (subject to hydrolysis) is 1. The highest BCUT2D eigenvalue weighted by Crippen LogP contribution is 2.23. The van der Waals surface area contributed by atoms with Crippen LogP contribution in [0.3, 0.4) is 0 Å². The number of hydrogen-bond donors (Lipinski definition) is 1. The van der Waals surface area contributed by atoms with Gasteiger partial charge in [0.05, 0.1) is 4.83 Å². The molecule has 0 saturated carbocycles. The molecule has 1 aliphatic heterocycles. The van der Waals surface area contributed by atoms with Crippen molar-refractivity contribution in [3.05, 3.63) is 48.6 Å². The van der Waals surface area contributed by atoms with Gasteiger partial charge in [-0.1, -0.05) is 52.3 Å². The van der Waals surface area contributed by atoms with Crippen molar-refractivity contribution < 1.29 is 19.1 Å². The third-order valence-corrected chi connectivity index (χ3v) is 5.04. The Balaban J connectivity index is 2.00. The molecule has 1 saturated heterocycles. The Morgan fingerprint density at radius 2 is 1.92 bits per heavy atom. The summed E-state index contributed by atoms with van der Waals surface area (Å²) in [6.07, 6.45) is 3.02. The van der Waals surface area contributed by atoms with Gasteiger partial charge in [0.25, 0.3) is 0 Å². The number of rotatable bonds is 9. The molecule has 0 radical (unpaired) electrons. The fraction of sp³-hybridized carbons (Fsp3) is 0.421.